The van der Waals surface area contributed by atoms with Gasteiger partial charge in [0.25, 0.3) is 20.2 Å². The predicted octanol–water partition coefficient (Wildman–Crippen LogP) is 8.32. The summed E-state index contributed by atoms with van der Waals surface area (Å²) in [5.74, 6) is -1.20. The molecule has 0 amide bonds. The lowest BCUT2D eigenvalue weighted by atomic mass is 9.93. The van der Waals surface area contributed by atoms with Crippen molar-refractivity contribution in [2.75, 3.05) is 26.4 Å². The highest BCUT2D eigenvalue weighted by Crippen LogP contribution is 2.32. The molecular weight excluding hydrogens is 822 g/mol. The third-order valence-electron chi connectivity index (χ3n) is 7.78. The van der Waals surface area contributed by atoms with Crippen LogP contribution in [0, 0.1) is 25.5 Å². The summed E-state index contributed by atoms with van der Waals surface area (Å²) in [5, 5.41) is 17.8. The van der Waals surface area contributed by atoms with Gasteiger partial charge in [-0.25, -0.2) is 8.78 Å². The topological polar surface area (TPSA) is 127 Å². The van der Waals surface area contributed by atoms with E-state index in [-0.39, 0.29) is 60.8 Å². The third kappa shape index (κ3) is 12.9. The van der Waals surface area contributed by atoms with E-state index in [0.717, 1.165) is 21.2 Å². The summed E-state index contributed by atoms with van der Waals surface area (Å²) in [6, 6.07) is 21.2. The molecule has 0 bridgehead atoms. The zero-order valence-corrected chi connectivity index (χ0v) is 32.4. The Kier molecular flexibility index (Phi) is 16.6. The van der Waals surface area contributed by atoms with E-state index in [9.17, 15) is 25.6 Å². The van der Waals surface area contributed by atoms with Crippen LogP contribution >= 0.6 is 31.9 Å². The average Bonchev–Trinajstić information content (AvgIpc) is 3.07. The van der Waals surface area contributed by atoms with Gasteiger partial charge in [-0.15, -0.1) is 0 Å². The number of aliphatic hydroxyl groups is 2. The molecule has 0 aliphatic rings. The first-order valence-corrected chi connectivity index (χ1v) is 20.1. The summed E-state index contributed by atoms with van der Waals surface area (Å²) in [5.41, 5.74) is 3.21. The van der Waals surface area contributed by atoms with Crippen LogP contribution in [0.1, 0.15) is 59.8 Å². The summed E-state index contributed by atoms with van der Waals surface area (Å²) in [6.07, 6.45) is 1.45. The molecule has 0 spiro atoms. The molecule has 0 saturated carbocycles. The highest BCUT2D eigenvalue weighted by atomic mass is 79.9. The van der Waals surface area contributed by atoms with Crippen LogP contribution in [0.2, 0.25) is 0 Å². The molecule has 0 saturated heterocycles. The summed E-state index contributed by atoms with van der Waals surface area (Å²) in [7, 11) is -7.94. The number of hydrogen-bond acceptors (Lipinski definition) is 8. The first-order valence-electron chi connectivity index (χ1n) is 15.7. The average molecular weight is 863 g/mol. The number of rotatable bonds is 16. The summed E-state index contributed by atoms with van der Waals surface area (Å²) in [6.45, 7) is 3.42. The molecule has 14 heteroatoms. The fraction of sp³-hybridized carbons (Fsp3) is 0.333. The minimum atomic E-state index is -3.97. The molecule has 0 atom stereocenters. The van der Waals surface area contributed by atoms with Gasteiger partial charge in [0.05, 0.1) is 23.0 Å². The van der Waals surface area contributed by atoms with Crippen LogP contribution in [0.15, 0.2) is 104 Å². The van der Waals surface area contributed by atoms with Crippen LogP contribution in [0.3, 0.4) is 0 Å². The second-order valence-electron chi connectivity index (χ2n) is 11.5. The molecular formula is C36H40Br2F2O8S2. The van der Waals surface area contributed by atoms with E-state index in [0.29, 0.717) is 22.9 Å². The van der Waals surface area contributed by atoms with E-state index in [2.05, 4.69) is 31.9 Å². The van der Waals surface area contributed by atoms with Crippen molar-refractivity contribution in [1.29, 1.82) is 0 Å². The quantitative estimate of drug-likeness (QED) is 0.108. The lowest BCUT2D eigenvalue weighted by Gasteiger charge is -2.19. The minimum Gasteiger partial charge on any atom is -0.396 e. The summed E-state index contributed by atoms with van der Waals surface area (Å²) >= 11 is 6.74. The highest BCUT2D eigenvalue weighted by molar-refractivity contribution is 9.10. The Morgan fingerprint density at radius 3 is 1.26 bits per heavy atom. The number of benzene rings is 4. The molecule has 0 heterocycles. The smallest absolute Gasteiger partial charge is 0.296 e. The van der Waals surface area contributed by atoms with Gasteiger partial charge in [0, 0.05) is 22.2 Å². The molecule has 2 N–H and O–H groups in total. The fourth-order valence-electron chi connectivity index (χ4n) is 5.02. The van der Waals surface area contributed by atoms with Crippen molar-refractivity contribution in [3.8, 4) is 0 Å². The van der Waals surface area contributed by atoms with Crippen molar-refractivity contribution in [2.45, 2.75) is 61.2 Å². The monoisotopic (exact) mass is 860 g/mol. The van der Waals surface area contributed by atoms with Crippen LogP contribution in [-0.2, 0) is 28.6 Å². The van der Waals surface area contributed by atoms with Crippen LogP contribution < -0.4 is 0 Å². The van der Waals surface area contributed by atoms with E-state index < -0.39 is 32.0 Å². The number of hydrogen-bond donors (Lipinski definition) is 2. The van der Waals surface area contributed by atoms with Gasteiger partial charge < -0.3 is 10.2 Å². The normalized spacial score (nSPS) is 11.9. The van der Waals surface area contributed by atoms with Gasteiger partial charge in [-0.3, -0.25) is 8.37 Å². The number of aliphatic hydroxyl groups excluding tert-OH is 2. The summed E-state index contributed by atoms with van der Waals surface area (Å²) < 4.78 is 88.9. The standard InChI is InChI=1S/C25H26BrFO6S2.C11H14BrFO2/c1-18-3-8-22(9-4-18)34(28,29)32-15-13-20(24-17-21(27)7-12-25(24)26)14-16-33-35(30,31)23-10-5-19(2)6-11-23;12-11-2-1-9(13)7-10(11)8(3-5-14)4-6-15/h3-12,17,20H,13-16H2,1-2H3;1-2,7-8,14-15H,3-6H2. The van der Waals surface area contributed by atoms with Gasteiger partial charge in [-0.2, -0.15) is 16.8 Å². The fourth-order valence-corrected chi connectivity index (χ4v) is 8.01. The lowest BCUT2D eigenvalue weighted by molar-refractivity contribution is 0.241. The second-order valence-corrected chi connectivity index (χ2v) is 16.4. The molecule has 0 aromatic heterocycles. The molecule has 4 aromatic carbocycles. The molecule has 0 fully saturated rings. The first kappa shape index (κ1) is 41.9. The van der Waals surface area contributed by atoms with Crippen molar-refractivity contribution < 1.29 is 44.2 Å². The maximum atomic E-state index is 14.0. The molecule has 272 valence electrons. The van der Waals surface area contributed by atoms with E-state index in [4.69, 9.17) is 18.6 Å². The largest absolute Gasteiger partial charge is 0.396 e. The second kappa shape index (κ2) is 19.9. The van der Waals surface area contributed by atoms with E-state index >= 15 is 0 Å². The first-order chi connectivity index (χ1) is 23.7. The van der Waals surface area contributed by atoms with Crippen molar-refractivity contribution in [3.63, 3.8) is 0 Å². The van der Waals surface area contributed by atoms with E-state index in [1.807, 2.05) is 13.8 Å². The molecule has 0 radical (unpaired) electrons. The van der Waals surface area contributed by atoms with E-state index in [1.54, 1.807) is 36.4 Å². The molecule has 0 unspecified atom stereocenters. The van der Waals surface area contributed by atoms with Crippen LogP contribution in [0.25, 0.3) is 0 Å². The maximum Gasteiger partial charge on any atom is 0.296 e. The van der Waals surface area contributed by atoms with Crippen LogP contribution in [0.4, 0.5) is 8.78 Å². The number of aryl methyl sites for hydroxylation is 2. The predicted molar refractivity (Wildman–Crippen MR) is 195 cm³/mol. The van der Waals surface area contributed by atoms with Crippen molar-refractivity contribution in [2.24, 2.45) is 0 Å². The Labute approximate surface area is 310 Å². The van der Waals surface area contributed by atoms with Gasteiger partial charge in [-0.05, 0) is 123 Å². The Bertz CT molecular complexity index is 1800. The lowest BCUT2D eigenvalue weighted by Crippen LogP contribution is -2.14. The minimum absolute atomic E-state index is 0.00919. The van der Waals surface area contributed by atoms with Crippen molar-refractivity contribution in [1.82, 2.24) is 0 Å². The Morgan fingerprint density at radius 1 is 0.580 bits per heavy atom. The SMILES string of the molecule is Cc1ccc(S(=O)(=O)OCCC(CCOS(=O)(=O)c2ccc(C)cc2)c2cc(F)ccc2Br)cc1.OCCC(CCO)c1cc(F)ccc1Br. The molecule has 4 rings (SSSR count). The Morgan fingerprint density at radius 2 is 0.920 bits per heavy atom. The van der Waals surface area contributed by atoms with Crippen LogP contribution in [0.5, 0.6) is 0 Å². The third-order valence-corrected chi connectivity index (χ3v) is 11.9. The Hall–Kier alpha value is -2.56. The zero-order chi connectivity index (χ0) is 36.9. The van der Waals surface area contributed by atoms with Crippen molar-refractivity contribution in [3.05, 3.63) is 128 Å². The molecule has 0 aliphatic carbocycles. The maximum absolute atomic E-state index is 14.0. The van der Waals surface area contributed by atoms with Crippen LogP contribution in [-0.4, -0.2) is 53.5 Å². The van der Waals surface area contributed by atoms with Gasteiger partial charge in [0.2, 0.25) is 0 Å². The zero-order valence-electron chi connectivity index (χ0n) is 27.6. The van der Waals surface area contributed by atoms with Gasteiger partial charge in [0.1, 0.15) is 11.6 Å². The van der Waals surface area contributed by atoms with Crippen molar-refractivity contribution >= 4 is 52.1 Å². The Balaban J connectivity index is 0.000000376. The molecule has 50 heavy (non-hydrogen) atoms. The molecule has 0 aliphatic heterocycles. The highest BCUT2D eigenvalue weighted by Gasteiger charge is 2.22. The molecule has 8 nitrogen and oxygen atoms in total. The number of halogens is 4. The van der Waals surface area contributed by atoms with Gasteiger partial charge in [0.15, 0.2) is 0 Å². The molecule has 4 aromatic rings. The van der Waals surface area contributed by atoms with E-state index in [1.165, 1.54) is 48.5 Å². The van der Waals surface area contributed by atoms with Gasteiger partial charge in [-0.1, -0.05) is 67.3 Å². The summed E-state index contributed by atoms with van der Waals surface area (Å²) in [4.78, 5) is 0.0817. The van der Waals surface area contributed by atoms with Gasteiger partial charge >= 0.3 is 0 Å².